The van der Waals surface area contributed by atoms with Gasteiger partial charge in [-0.2, -0.15) is 0 Å². The molecule has 2 heterocycles. The fourth-order valence-electron chi connectivity index (χ4n) is 2.27. The first-order valence-corrected chi connectivity index (χ1v) is 8.04. The van der Waals surface area contributed by atoms with Gasteiger partial charge in [0.15, 0.2) is 11.5 Å². The van der Waals surface area contributed by atoms with E-state index in [0.29, 0.717) is 17.9 Å². The van der Waals surface area contributed by atoms with Gasteiger partial charge in [-0.25, -0.2) is 9.78 Å². The first-order chi connectivity index (χ1) is 12.2. The molecule has 1 N–H and O–H groups in total. The number of hydrogen-bond donors (Lipinski definition) is 1. The van der Waals surface area contributed by atoms with Crippen LogP contribution in [0.2, 0.25) is 0 Å². The maximum atomic E-state index is 11.4. The van der Waals surface area contributed by atoms with Crippen molar-refractivity contribution in [1.82, 2.24) is 9.38 Å². The van der Waals surface area contributed by atoms with E-state index in [-0.39, 0.29) is 11.5 Å². The number of azo groups is 1. The summed E-state index contributed by atoms with van der Waals surface area (Å²) in [6, 6.07) is 12.5. The number of aromatic carboxylic acids is 1. The highest BCUT2D eigenvalue weighted by atomic mass is 16.5. The lowest BCUT2D eigenvalue weighted by molar-refractivity contribution is 0.0692. The lowest BCUT2D eigenvalue weighted by Gasteiger charge is -2.04. The number of pyridine rings is 1. The smallest absolute Gasteiger partial charge is 0.358 e. The summed E-state index contributed by atoms with van der Waals surface area (Å²) in [5.41, 5.74) is 0.980. The third-order valence-electron chi connectivity index (χ3n) is 3.57. The molecule has 0 atom stereocenters. The van der Waals surface area contributed by atoms with E-state index >= 15 is 0 Å². The van der Waals surface area contributed by atoms with Crippen molar-refractivity contribution in [2.75, 3.05) is 6.61 Å². The maximum absolute atomic E-state index is 11.4. The number of carboxylic acids is 1. The molecular weight excluding hydrogens is 320 g/mol. The Morgan fingerprint density at radius 2 is 2.00 bits per heavy atom. The molecule has 0 spiro atoms. The van der Waals surface area contributed by atoms with Crippen LogP contribution in [0, 0.1) is 0 Å². The molecule has 25 heavy (non-hydrogen) atoms. The third kappa shape index (κ3) is 3.82. The number of carboxylic acid groups (broad SMARTS) is 1. The first kappa shape index (κ1) is 16.6. The highest BCUT2D eigenvalue weighted by Crippen LogP contribution is 2.25. The number of rotatable bonds is 7. The summed E-state index contributed by atoms with van der Waals surface area (Å²) in [6.45, 7) is 2.79. The second-order valence-corrected chi connectivity index (χ2v) is 5.41. The number of fused-ring (bicyclic) bond motifs is 1. The molecular formula is C18H18N4O3. The van der Waals surface area contributed by atoms with E-state index in [1.807, 2.05) is 12.1 Å². The van der Waals surface area contributed by atoms with Crippen molar-refractivity contribution in [3.8, 4) is 5.75 Å². The average molecular weight is 338 g/mol. The summed E-state index contributed by atoms with van der Waals surface area (Å²) in [5.74, 6) is -0.183. The molecule has 2 aromatic heterocycles. The van der Waals surface area contributed by atoms with Crippen LogP contribution in [-0.2, 0) is 0 Å². The van der Waals surface area contributed by atoms with E-state index in [2.05, 4.69) is 22.1 Å². The van der Waals surface area contributed by atoms with Gasteiger partial charge in [-0.15, -0.1) is 10.2 Å². The summed E-state index contributed by atoms with van der Waals surface area (Å²) in [5, 5.41) is 17.5. The van der Waals surface area contributed by atoms with E-state index < -0.39 is 5.97 Å². The molecule has 0 aliphatic heterocycles. The average Bonchev–Trinajstić information content (AvgIpc) is 3.00. The SMILES string of the molecule is CCCCOc1ccc(N=Nc2c(C(=O)O)nc3ccccn23)cc1. The Bertz CT molecular complexity index is 900. The van der Waals surface area contributed by atoms with E-state index in [1.54, 1.807) is 40.9 Å². The fourth-order valence-corrected chi connectivity index (χ4v) is 2.27. The van der Waals surface area contributed by atoms with Crippen LogP contribution < -0.4 is 4.74 Å². The minimum atomic E-state index is -1.14. The van der Waals surface area contributed by atoms with Gasteiger partial charge in [0.25, 0.3) is 0 Å². The Kier molecular flexibility index (Phi) is 5.03. The molecule has 128 valence electrons. The zero-order chi connectivity index (χ0) is 17.6. The minimum Gasteiger partial charge on any atom is -0.494 e. The van der Waals surface area contributed by atoms with Gasteiger partial charge in [0.1, 0.15) is 11.4 Å². The summed E-state index contributed by atoms with van der Waals surface area (Å²) in [4.78, 5) is 15.4. The van der Waals surface area contributed by atoms with Crippen LogP contribution in [0.3, 0.4) is 0 Å². The van der Waals surface area contributed by atoms with Crippen LogP contribution in [0.4, 0.5) is 11.5 Å². The molecule has 7 heteroatoms. The number of aromatic nitrogens is 2. The molecule has 1 aromatic carbocycles. The summed E-state index contributed by atoms with van der Waals surface area (Å²) in [6.07, 6.45) is 3.79. The quantitative estimate of drug-likeness (QED) is 0.502. The van der Waals surface area contributed by atoms with Crippen molar-refractivity contribution < 1.29 is 14.6 Å². The number of hydrogen-bond acceptors (Lipinski definition) is 5. The van der Waals surface area contributed by atoms with Crippen LogP contribution in [0.25, 0.3) is 5.65 Å². The molecule has 0 unspecified atom stereocenters. The highest BCUT2D eigenvalue weighted by Gasteiger charge is 2.17. The Hall–Kier alpha value is -3.22. The van der Waals surface area contributed by atoms with Gasteiger partial charge in [-0.1, -0.05) is 19.4 Å². The predicted molar refractivity (Wildman–Crippen MR) is 93.2 cm³/mol. The van der Waals surface area contributed by atoms with E-state index in [4.69, 9.17) is 4.74 Å². The molecule has 0 amide bonds. The van der Waals surface area contributed by atoms with Gasteiger partial charge in [0.05, 0.1) is 12.3 Å². The monoisotopic (exact) mass is 338 g/mol. The molecule has 0 radical (unpaired) electrons. The summed E-state index contributed by atoms with van der Waals surface area (Å²) in [7, 11) is 0. The number of nitrogens with zero attached hydrogens (tertiary/aromatic N) is 4. The van der Waals surface area contributed by atoms with Crippen LogP contribution in [0.15, 0.2) is 58.9 Å². The number of ether oxygens (including phenoxy) is 1. The largest absolute Gasteiger partial charge is 0.494 e. The summed E-state index contributed by atoms with van der Waals surface area (Å²) < 4.78 is 7.19. The van der Waals surface area contributed by atoms with Gasteiger partial charge < -0.3 is 9.84 Å². The van der Waals surface area contributed by atoms with Crippen molar-refractivity contribution >= 4 is 23.1 Å². The second kappa shape index (κ2) is 7.57. The minimum absolute atomic E-state index is 0.130. The number of unbranched alkanes of at least 4 members (excludes halogenated alkanes) is 1. The second-order valence-electron chi connectivity index (χ2n) is 5.41. The van der Waals surface area contributed by atoms with Crippen LogP contribution in [-0.4, -0.2) is 27.1 Å². The molecule has 0 aliphatic rings. The van der Waals surface area contributed by atoms with Crippen LogP contribution in [0.1, 0.15) is 30.3 Å². The molecule has 0 saturated carbocycles. The predicted octanol–water partition coefficient (Wildman–Crippen LogP) is 4.63. The standard InChI is InChI=1S/C18H18N4O3/c1-2-3-12-25-14-9-7-13(8-10-14)20-21-17-16(18(23)24)19-15-6-4-5-11-22(15)17/h4-11H,2-3,12H2,1H3,(H,23,24). The number of carbonyl (C=O) groups is 1. The molecule has 0 aliphatic carbocycles. The lowest BCUT2D eigenvalue weighted by atomic mass is 10.3. The van der Waals surface area contributed by atoms with Gasteiger partial charge in [-0.3, -0.25) is 4.40 Å². The van der Waals surface area contributed by atoms with Gasteiger partial charge in [-0.05, 0) is 42.8 Å². The van der Waals surface area contributed by atoms with Crippen molar-refractivity contribution in [3.63, 3.8) is 0 Å². The zero-order valence-corrected chi connectivity index (χ0v) is 13.8. The van der Waals surface area contributed by atoms with Gasteiger partial charge >= 0.3 is 5.97 Å². The lowest BCUT2D eigenvalue weighted by Crippen LogP contribution is -1.96. The van der Waals surface area contributed by atoms with E-state index in [0.717, 1.165) is 18.6 Å². The van der Waals surface area contributed by atoms with Crippen molar-refractivity contribution in [3.05, 3.63) is 54.4 Å². The molecule has 0 bridgehead atoms. The molecule has 3 rings (SSSR count). The Morgan fingerprint density at radius 1 is 1.20 bits per heavy atom. The first-order valence-electron chi connectivity index (χ1n) is 8.04. The molecule has 7 nitrogen and oxygen atoms in total. The fraction of sp³-hybridized carbons (Fsp3) is 0.222. The molecule has 0 fully saturated rings. The normalized spacial score (nSPS) is 11.2. The number of imidazole rings is 1. The molecule has 0 saturated heterocycles. The van der Waals surface area contributed by atoms with Gasteiger partial charge in [0, 0.05) is 6.20 Å². The highest BCUT2D eigenvalue weighted by molar-refractivity contribution is 5.91. The Morgan fingerprint density at radius 3 is 2.72 bits per heavy atom. The van der Waals surface area contributed by atoms with E-state index in [1.165, 1.54) is 0 Å². The molecule has 3 aromatic rings. The van der Waals surface area contributed by atoms with Crippen molar-refractivity contribution in [2.24, 2.45) is 10.2 Å². The Labute approximate surface area is 144 Å². The van der Waals surface area contributed by atoms with Crippen molar-refractivity contribution in [1.29, 1.82) is 0 Å². The van der Waals surface area contributed by atoms with Crippen molar-refractivity contribution in [2.45, 2.75) is 19.8 Å². The van der Waals surface area contributed by atoms with E-state index in [9.17, 15) is 9.90 Å². The number of benzene rings is 1. The topological polar surface area (TPSA) is 88.5 Å². The van der Waals surface area contributed by atoms with Crippen LogP contribution in [0.5, 0.6) is 5.75 Å². The Balaban J connectivity index is 1.83. The maximum Gasteiger partial charge on any atom is 0.358 e. The third-order valence-corrected chi connectivity index (χ3v) is 3.57. The van der Waals surface area contributed by atoms with Gasteiger partial charge in [0.2, 0.25) is 0 Å². The summed E-state index contributed by atoms with van der Waals surface area (Å²) >= 11 is 0. The van der Waals surface area contributed by atoms with Crippen LogP contribution >= 0.6 is 0 Å². The zero-order valence-electron chi connectivity index (χ0n) is 13.8.